The largest absolute Gasteiger partial charge is 0.397 e. The molecule has 0 fully saturated rings. The maximum Gasteiger partial charge on any atom is 0.171 e. The van der Waals surface area contributed by atoms with Crippen LogP contribution in [0.1, 0.15) is 16.6 Å². The van der Waals surface area contributed by atoms with Gasteiger partial charge in [-0.2, -0.15) is 4.37 Å². The summed E-state index contributed by atoms with van der Waals surface area (Å²) in [5.74, 6) is 1.01. The second-order valence-electron chi connectivity index (χ2n) is 4.20. The third-order valence-electron chi connectivity index (χ3n) is 2.43. The number of nitrogen functional groups attached to an aromatic ring is 1. The van der Waals surface area contributed by atoms with Crippen molar-refractivity contribution in [1.29, 1.82) is 0 Å². The molecular formula is C11H15N3OS3. The van der Waals surface area contributed by atoms with Crippen LogP contribution in [-0.4, -0.2) is 41.4 Å². The van der Waals surface area contributed by atoms with Gasteiger partial charge >= 0.3 is 0 Å². The number of Topliss-reactive ketones (excluding diaryl/α,β-unsaturated/α-hetero) is 1. The average Bonchev–Trinajstić information content (AvgIpc) is 2.80. The molecule has 2 aromatic heterocycles. The van der Waals surface area contributed by atoms with Crippen LogP contribution in [0.5, 0.6) is 0 Å². The maximum absolute atomic E-state index is 11.4. The minimum absolute atomic E-state index is 0.0183. The molecule has 0 aromatic carbocycles. The minimum atomic E-state index is 0.0183. The fraction of sp³-hybridized carbons (Fsp3) is 0.455. The van der Waals surface area contributed by atoms with Gasteiger partial charge in [0.2, 0.25) is 0 Å². The van der Waals surface area contributed by atoms with Gasteiger partial charge in [0.1, 0.15) is 4.83 Å². The molecule has 0 atom stereocenters. The van der Waals surface area contributed by atoms with Crippen LogP contribution in [0.2, 0.25) is 0 Å². The highest BCUT2D eigenvalue weighted by molar-refractivity contribution is 8.01. The number of thioether (sulfide) groups is 1. The second-order valence-corrected chi connectivity index (χ2v) is 7.34. The lowest BCUT2D eigenvalue weighted by molar-refractivity contribution is 0.102. The molecule has 98 valence electrons. The Labute approximate surface area is 118 Å². The molecule has 2 N–H and O–H groups in total. The fourth-order valence-electron chi connectivity index (χ4n) is 1.50. The van der Waals surface area contributed by atoms with Crippen molar-refractivity contribution in [3.8, 4) is 0 Å². The number of nitrogens with two attached hydrogens (primary N) is 1. The molecule has 0 aliphatic heterocycles. The molecule has 2 heterocycles. The first-order valence-electron chi connectivity index (χ1n) is 5.46. The molecule has 0 aliphatic rings. The molecule has 0 saturated carbocycles. The van der Waals surface area contributed by atoms with Crippen LogP contribution in [0.25, 0.3) is 10.2 Å². The molecule has 7 heteroatoms. The zero-order valence-electron chi connectivity index (χ0n) is 10.5. The van der Waals surface area contributed by atoms with Gasteiger partial charge in [-0.3, -0.25) is 4.79 Å². The van der Waals surface area contributed by atoms with E-state index in [0.717, 1.165) is 26.7 Å². The Morgan fingerprint density at radius 1 is 1.50 bits per heavy atom. The Balaban J connectivity index is 2.26. The van der Waals surface area contributed by atoms with Crippen LogP contribution in [0.15, 0.2) is 4.21 Å². The van der Waals surface area contributed by atoms with E-state index in [9.17, 15) is 4.79 Å². The summed E-state index contributed by atoms with van der Waals surface area (Å²) in [6, 6.07) is 0. The molecule has 0 unspecified atom stereocenters. The van der Waals surface area contributed by atoms with Crippen LogP contribution < -0.4 is 5.73 Å². The Bertz CT molecular complexity index is 573. The van der Waals surface area contributed by atoms with E-state index in [2.05, 4.69) is 23.4 Å². The van der Waals surface area contributed by atoms with Gasteiger partial charge in [0, 0.05) is 19.2 Å². The van der Waals surface area contributed by atoms with Gasteiger partial charge in [-0.1, -0.05) is 0 Å². The quantitative estimate of drug-likeness (QED) is 0.680. The molecule has 2 aromatic rings. The molecule has 0 aliphatic carbocycles. The van der Waals surface area contributed by atoms with E-state index >= 15 is 0 Å². The number of hydrogen-bond donors (Lipinski definition) is 1. The molecule has 0 radical (unpaired) electrons. The fourth-order valence-corrected chi connectivity index (χ4v) is 4.88. The van der Waals surface area contributed by atoms with Gasteiger partial charge in [0.15, 0.2) is 5.78 Å². The highest BCUT2D eigenvalue weighted by Gasteiger charge is 2.19. The summed E-state index contributed by atoms with van der Waals surface area (Å²) in [5.41, 5.74) is 6.65. The van der Waals surface area contributed by atoms with Gasteiger partial charge in [-0.05, 0) is 25.6 Å². The van der Waals surface area contributed by atoms with Crippen LogP contribution in [-0.2, 0) is 0 Å². The Hall–Kier alpha value is -0.630. The van der Waals surface area contributed by atoms with Crippen LogP contribution in [0.3, 0.4) is 0 Å². The number of hydrogen-bond acceptors (Lipinski definition) is 7. The Morgan fingerprint density at radius 2 is 2.22 bits per heavy atom. The highest BCUT2D eigenvalue weighted by atomic mass is 32.2. The predicted molar refractivity (Wildman–Crippen MR) is 81.2 cm³/mol. The zero-order valence-corrected chi connectivity index (χ0v) is 13.0. The van der Waals surface area contributed by atoms with Gasteiger partial charge < -0.3 is 10.6 Å². The topological polar surface area (TPSA) is 59.2 Å². The summed E-state index contributed by atoms with van der Waals surface area (Å²) in [5, 5.41) is 0.971. The second kappa shape index (κ2) is 5.56. The van der Waals surface area contributed by atoms with Gasteiger partial charge in [-0.25, -0.2) is 0 Å². The Morgan fingerprint density at radius 3 is 2.83 bits per heavy atom. The number of carbonyl (C=O) groups is 1. The smallest absolute Gasteiger partial charge is 0.171 e. The Kier molecular flexibility index (Phi) is 4.26. The molecule has 0 saturated heterocycles. The summed E-state index contributed by atoms with van der Waals surface area (Å²) in [6.07, 6.45) is 0. The number of anilines is 1. The monoisotopic (exact) mass is 301 g/mol. The molecule has 0 spiro atoms. The normalized spacial score (nSPS) is 11.6. The summed E-state index contributed by atoms with van der Waals surface area (Å²) in [4.78, 5) is 15.1. The maximum atomic E-state index is 11.4. The van der Waals surface area contributed by atoms with E-state index in [4.69, 9.17) is 5.73 Å². The average molecular weight is 301 g/mol. The summed E-state index contributed by atoms with van der Waals surface area (Å²) < 4.78 is 5.49. The van der Waals surface area contributed by atoms with Gasteiger partial charge in [0.25, 0.3) is 0 Å². The lowest BCUT2D eigenvalue weighted by atomic mass is 10.3. The molecule has 0 amide bonds. The lowest BCUT2D eigenvalue weighted by Gasteiger charge is -2.07. The highest BCUT2D eigenvalue weighted by Crippen LogP contribution is 2.42. The van der Waals surface area contributed by atoms with Crippen LogP contribution >= 0.6 is 34.6 Å². The number of ketones is 1. The van der Waals surface area contributed by atoms with Crippen LogP contribution in [0.4, 0.5) is 5.69 Å². The molecule has 2 rings (SSSR count). The van der Waals surface area contributed by atoms with E-state index in [1.807, 2.05) is 0 Å². The van der Waals surface area contributed by atoms with Crippen LogP contribution in [0, 0.1) is 0 Å². The number of thiophene rings is 1. The summed E-state index contributed by atoms with van der Waals surface area (Å²) in [6.45, 7) is 2.55. The van der Waals surface area contributed by atoms with Crippen molar-refractivity contribution in [2.75, 3.05) is 32.1 Å². The molecule has 4 nitrogen and oxygen atoms in total. The van der Waals surface area contributed by atoms with Crippen molar-refractivity contribution in [2.45, 2.75) is 11.1 Å². The van der Waals surface area contributed by atoms with E-state index in [1.54, 1.807) is 18.7 Å². The first-order valence-corrected chi connectivity index (χ1v) is 8.04. The lowest BCUT2D eigenvalue weighted by Crippen LogP contribution is -2.14. The van der Waals surface area contributed by atoms with Crippen molar-refractivity contribution in [2.24, 2.45) is 0 Å². The van der Waals surface area contributed by atoms with E-state index in [-0.39, 0.29) is 5.78 Å². The third-order valence-corrected chi connectivity index (χ3v) is 5.82. The molecular weight excluding hydrogens is 286 g/mol. The first kappa shape index (κ1) is 13.8. The number of carbonyl (C=O) groups excluding carboxylic acids is 1. The predicted octanol–water partition coefficient (Wildman–Crippen LogP) is 2.80. The summed E-state index contributed by atoms with van der Waals surface area (Å²) >= 11 is 4.62. The number of aromatic nitrogens is 1. The SMILES string of the molecule is CC(=O)c1sc2nsc(SCCN(C)C)c2c1N. The molecule has 0 bridgehead atoms. The van der Waals surface area contributed by atoms with E-state index < -0.39 is 0 Å². The standard InChI is InChI=1S/C11H15N3OS3/c1-6(15)9-8(12)7-10(17-9)13-18-11(7)16-5-4-14(2)3/h4-5,12H2,1-3H3. The van der Waals surface area contributed by atoms with Crippen molar-refractivity contribution in [3.63, 3.8) is 0 Å². The minimum Gasteiger partial charge on any atom is -0.397 e. The zero-order chi connectivity index (χ0) is 13.3. The first-order chi connectivity index (χ1) is 8.50. The number of rotatable bonds is 5. The number of nitrogens with zero attached hydrogens (tertiary/aromatic N) is 2. The van der Waals surface area contributed by atoms with Crippen molar-refractivity contribution in [3.05, 3.63) is 4.88 Å². The van der Waals surface area contributed by atoms with Crippen molar-refractivity contribution < 1.29 is 4.79 Å². The van der Waals surface area contributed by atoms with Gasteiger partial charge in [0.05, 0.1) is 20.2 Å². The number of fused-ring (bicyclic) bond motifs is 1. The van der Waals surface area contributed by atoms with E-state index in [0.29, 0.717) is 10.6 Å². The third kappa shape index (κ3) is 2.69. The van der Waals surface area contributed by atoms with E-state index in [1.165, 1.54) is 22.9 Å². The summed E-state index contributed by atoms with van der Waals surface area (Å²) in [7, 11) is 4.10. The van der Waals surface area contributed by atoms with Gasteiger partial charge in [-0.15, -0.1) is 23.1 Å². The van der Waals surface area contributed by atoms with Crippen molar-refractivity contribution in [1.82, 2.24) is 9.27 Å². The molecule has 18 heavy (non-hydrogen) atoms. The van der Waals surface area contributed by atoms with Crippen molar-refractivity contribution >= 4 is 56.3 Å².